The van der Waals surface area contributed by atoms with E-state index in [2.05, 4.69) is 15.5 Å². The van der Waals surface area contributed by atoms with Gasteiger partial charge in [-0.1, -0.05) is 0 Å². The number of likely N-dealkylation sites (N-methyl/N-ethyl adjacent to an activating group) is 1. The van der Waals surface area contributed by atoms with Crippen LogP contribution < -0.4 is 20.3 Å². The Hall–Kier alpha value is -2.32. The molecule has 0 unspecified atom stereocenters. The number of carbonyl (C=O) groups is 2. The van der Waals surface area contributed by atoms with E-state index in [9.17, 15) is 14.7 Å². The fourth-order valence-electron chi connectivity index (χ4n) is 3.54. The number of amides is 3. The number of anilines is 2. The predicted molar refractivity (Wildman–Crippen MR) is 103 cm³/mol. The Morgan fingerprint density at radius 3 is 3.07 bits per heavy atom. The van der Waals surface area contributed by atoms with Crippen LogP contribution in [0.3, 0.4) is 0 Å². The lowest BCUT2D eigenvalue weighted by molar-refractivity contribution is -0.120. The van der Waals surface area contributed by atoms with Gasteiger partial charge in [0.15, 0.2) is 6.61 Å². The van der Waals surface area contributed by atoms with Gasteiger partial charge in [-0.05, 0) is 50.4 Å². The summed E-state index contributed by atoms with van der Waals surface area (Å²) in [6, 6.07) is 4.97. The molecule has 0 radical (unpaired) electrons. The van der Waals surface area contributed by atoms with Crippen LogP contribution in [0, 0.1) is 5.92 Å². The first-order chi connectivity index (χ1) is 13.1. The number of aliphatic hydroxyl groups is 1. The van der Waals surface area contributed by atoms with Crippen LogP contribution in [-0.2, 0) is 4.79 Å². The molecule has 148 valence electrons. The maximum Gasteiger partial charge on any atom is 0.319 e. The number of benzene rings is 1. The van der Waals surface area contributed by atoms with Gasteiger partial charge in [0.25, 0.3) is 5.91 Å². The van der Waals surface area contributed by atoms with E-state index in [4.69, 9.17) is 4.74 Å². The van der Waals surface area contributed by atoms with E-state index >= 15 is 0 Å². The molecule has 0 bridgehead atoms. The molecule has 2 aliphatic rings. The number of hydrogen-bond donors (Lipinski definition) is 3. The highest BCUT2D eigenvalue weighted by Gasteiger charge is 2.22. The van der Waals surface area contributed by atoms with Gasteiger partial charge >= 0.3 is 6.03 Å². The van der Waals surface area contributed by atoms with E-state index in [1.54, 1.807) is 30.1 Å². The monoisotopic (exact) mass is 376 g/mol. The van der Waals surface area contributed by atoms with Crippen LogP contribution in [0.1, 0.15) is 19.3 Å². The van der Waals surface area contributed by atoms with Crippen molar-refractivity contribution in [3.63, 3.8) is 0 Å². The fraction of sp³-hybridized carbons (Fsp3) is 0.579. The molecule has 0 saturated carbocycles. The van der Waals surface area contributed by atoms with Crippen molar-refractivity contribution in [2.45, 2.75) is 19.3 Å². The van der Waals surface area contributed by atoms with E-state index in [0.29, 0.717) is 29.6 Å². The Bertz CT molecular complexity index is 682. The van der Waals surface area contributed by atoms with Crippen molar-refractivity contribution in [1.82, 2.24) is 10.2 Å². The topological polar surface area (TPSA) is 94.1 Å². The average molecular weight is 376 g/mol. The highest BCUT2D eigenvalue weighted by Crippen LogP contribution is 2.33. The molecule has 1 aromatic rings. The first-order valence-corrected chi connectivity index (χ1v) is 9.48. The number of carbonyl (C=O) groups excluding carboxylic acids is 2. The molecule has 1 fully saturated rings. The first-order valence-electron chi connectivity index (χ1n) is 9.48. The van der Waals surface area contributed by atoms with Crippen molar-refractivity contribution in [2.24, 2.45) is 5.92 Å². The van der Waals surface area contributed by atoms with E-state index < -0.39 is 0 Å². The fourth-order valence-corrected chi connectivity index (χ4v) is 3.54. The third-order valence-corrected chi connectivity index (χ3v) is 5.10. The number of likely N-dealkylation sites (tertiary alicyclic amines) is 1. The van der Waals surface area contributed by atoms with Crippen LogP contribution in [0.4, 0.5) is 16.2 Å². The van der Waals surface area contributed by atoms with Gasteiger partial charge in [0.1, 0.15) is 5.75 Å². The Morgan fingerprint density at radius 2 is 2.26 bits per heavy atom. The first kappa shape index (κ1) is 19.4. The molecule has 3 amide bonds. The van der Waals surface area contributed by atoms with Gasteiger partial charge in [-0.3, -0.25) is 4.79 Å². The molecule has 2 heterocycles. The van der Waals surface area contributed by atoms with Crippen LogP contribution in [0.5, 0.6) is 5.75 Å². The third kappa shape index (κ3) is 5.11. The van der Waals surface area contributed by atoms with Gasteiger partial charge in [-0.15, -0.1) is 0 Å². The number of nitrogens with zero attached hydrogens (tertiary/aromatic N) is 2. The van der Waals surface area contributed by atoms with Gasteiger partial charge in [-0.25, -0.2) is 4.79 Å². The smallest absolute Gasteiger partial charge is 0.319 e. The van der Waals surface area contributed by atoms with Crippen molar-refractivity contribution < 1.29 is 19.4 Å². The molecule has 27 heavy (non-hydrogen) atoms. The summed E-state index contributed by atoms with van der Waals surface area (Å²) in [4.78, 5) is 27.6. The number of rotatable bonds is 6. The van der Waals surface area contributed by atoms with E-state index in [-0.39, 0.29) is 25.2 Å². The van der Waals surface area contributed by atoms with Crippen LogP contribution in [0.25, 0.3) is 0 Å². The molecule has 3 rings (SSSR count). The van der Waals surface area contributed by atoms with Crippen molar-refractivity contribution in [3.05, 3.63) is 18.2 Å². The molecule has 0 aliphatic carbocycles. The van der Waals surface area contributed by atoms with Gasteiger partial charge in [0.2, 0.25) is 0 Å². The predicted octanol–water partition coefficient (Wildman–Crippen LogP) is 1.26. The second-order valence-corrected chi connectivity index (χ2v) is 7.15. The molecular weight excluding hydrogens is 348 g/mol. The zero-order chi connectivity index (χ0) is 19.2. The molecule has 3 N–H and O–H groups in total. The van der Waals surface area contributed by atoms with E-state index in [0.717, 1.165) is 38.9 Å². The van der Waals surface area contributed by atoms with Crippen LogP contribution in [-0.4, -0.2) is 68.4 Å². The number of urea groups is 1. The number of fused-ring (bicyclic) bond motifs is 1. The third-order valence-electron chi connectivity index (χ3n) is 5.10. The maximum absolute atomic E-state index is 12.1. The second-order valence-electron chi connectivity index (χ2n) is 7.15. The van der Waals surface area contributed by atoms with Crippen molar-refractivity contribution in [2.75, 3.05) is 56.7 Å². The molecular formula is C19H28N4O4. The Balaban J connectivity index is 1.40. The SMILES string of the molecule is CN1C(=O)COc2cc(NC(=O)NCCCN3CCC[C@@H](CO)C3)ccc21. The zero-order valence-electron chi connectivity index (χ0n) is 15.7. The Morgan fingerprint density at radius 1 is 1.41 bits per heavy atom. The Kier molecular flexibility index (Phi) is 6.52. The molecule has 1 atom stereocenters. The van der Waals surface area contributed by atoms with Crippen LogP contribution >= 0.6 is 0 Å². The molecule has 8 nitrogen and oxygen atoms in total. The molecule has 0 spiro atoms. The van der Waals surface area contributed by atoms with Crippen molar-refractivity contribution >= 4 is 23.3 Å². The molecule has 0 aromatic heterocycles. The van der Waals surface area contributed by atoms with E-state index in [1.165, 1.54) is 0 Å². The molecule has 2 aliphatic heterocycles. The summed E-state index contributed by atoms with van der Waals surface area (Å²) in [6.07, 6.45) is 3.09. The second kappa shape index (κ2) is 9.05. The van der Waals surface area contributed by atoms with Gasteiger partial charge in [-0.2, -0.15) is 0 Å². The highest BCUT2D eigenvalue weighted by atomic mass is 16.5. The van der Waals surface area contributed by atoms with E-state index in [1.807, 2.05) is 0 Å². The quantitative estimate of drug-likeness (QED) is 0.650. The normalized spacial score (nSPS) is 20.0. The minimum atomic E-state index is -0.262. The van der Waals surface area contributed by atoms with Gasteiger partial charge in [0.05, 0.1) is 5.69 Å². The van der Waals surface area contributed by atoms with Crippen molar-refractivity contribution in [1.29, 1.82) is 0 Å². The summed E-state index contributed by atoms with van der Waals surface area (Å²) in [6.45, 7) is 3.77. The molecule has 1 saturated heterocycles. The lowest BCUT2D eigenvalue weighted by Crippen LogP contribution is -2.39. The number of aliphatic hydroxyl groups excluding tert-OH is 1. The highest BCUT2D eigenvalue weighted by molar-refractivity contribution is 5.98. The number of hydrogen-bond acceptors (Lipinski definition) is 5. The summed E-state index contributed by atoms with van der Waals surface area (Å²) >= 11 is 0. The minimum Gasteiger partial charge on any atom is -0.481 e. The van der Waals surface area contributed by atoms with Crippen molar-refractivity contribution in [3.8, 4) is 5.75 Å². The van der Waals surface area contributed by atoms with Crippen LogP contribution in [0.15, 0.2) is 18.2 Å². The summed E-state index contributed by atoms with van der Waals surface area (Å²) in [7, 11) is 1.70. The summed E-state index contributed by atoms with van der Waals surface area (Å²) < 4.78 is 5.43. The molecule has 1 aromatic carbocycles. The maximum atomic E-state index is 12.1. The largest absolute Gasteiger partial charge is 0.481 e. The number of piperidine rings is 1. The van der Waals surface area contributed by atoms with Gasteiger partial charge < -0.3 is 30.3 Å². The standard InChI is InChI=1S/C19H28N4O4/c1-22-16-6-5-15(10-17(16)27-13-18(22)25)21-19(26)20-7-3-9-23-8-2-4-14(11-23)12-24/h5-6,10,14,24H,2-4,7-9,11-13H2,1H3,(H2,20,21,26)/t14-/m1/s1. The number of nitrogens with one attached hydrogen (secondary N) is 2. The number of ether oxygens (including phenoxy) is 1. The van der Waals surface area contributed by atoms with Gasteiger partial charge in [0, 0.05) is 38.5 Å². The lowest BCUT2D eigenvalue weighted by atomic mass is 9.99. The summed E-state index contributed by atoms with van der Waals surface area (Å²) in [5.74, 6) is 0.869. The average Bonchev–Trinajstić information content (AvgIpc) is 2.68. The lowest BCUT2D eigenvalue weighted by Gasteiger charge is -2.31. The summed E-state index contributed by atoms with van der Waals surface area (Å²) in [5.41, 5.74) is 1.32. The minimum absolute atomic E-state index is 0.00673. The van der Waals surface area contributed by atoms with Crippen LogP contribution in [0.2, 0.25) is 0 Å². The Labute approximate surface area is 159 Å². The zero-order valence-corrected chi connectivity index (χ0v) is 15.7. The summed E-state index contributed by atoms with van der Waals surface area (Å²) in [5, 5.41) is 14.9. The molecule has 8 heteroatoms.